The number of nitrogens with zero attached hydrogens (tertiary/aromatic N) is 1. The van der Waals surface area contributed by atoms with Crippen molar-refractivity contribution in [3.8, 4) is 0 Å². The van der Waals surface area contributed by atoms with Gasteiger partial charge in [0.05, 0.1) is 21.7 Å². The lowest BCUT2D eigenvalue weighted by Gasteiger charge is -2.19. The molecule has 0 saturated heterocycles. The molecule has 0 aliphatic rings. The summed E-state index contributed by atoms with van der Waals surface area (Å²) in [5.41, 5.74) is 6.70. The molecule has 5 heteroatoms. The standard InChI is InChI=1S/C12H16N2OS2/c1-7-12(17-8(2)14-7)11(15)9(6-13)10-4-3-5-16-10/h3-5,9,11,15H,6,13H2,1-2H3. The first-order valence-electron chi connectivity index (χ1n) is 5.49. The van der Waals surface area contributed by atoms with Gasteiger partial charge in [0.1, 0.15) is 0 Å². The molecule has 2 rings (SSSR count). The molecule has 3 nitrogen and oxygen atoms in total. The Morgan fingerprint density at radius 1 is 1.47 bits per heavy atom. The number of aliphatic hydroxyl groups excluding tert-OH is 1. The van der Waals surface area contributed by atoms with Crippen LogP contribution in [0.15, 0.2) is 17.5 Å². The van der Waals surface area contributed by atoms with Crippen molar-refractivity contribution in [3.05, 3.63) is 38.0 Å². The van der Waals surface area contributed by atoms with Gasteiger partial charge in [-0.2, -0.15) is 0 Å². The molecule has 2 aromatic rings. The first-order valence-corrected chi connectivity index (χ1v) is 7.18. The molecule has 0 bridgehead atoms. The minimum atomic E-state index is -0.551. The Morgan fingerprint density at radius 2 is 2.24 bits per heavy atom. The zero-order valence-corrected chi connectivity index (χ0v) is 11.5. The summed E-state index contributed by atoms with van der Waals surface area (Å²) in [6, 6.07) is 4.01. The second-order valence-corrected chi connectivity index (χ2v) is 6.20. The van der Waals surface area contributed by atoms with E-state index >= 15 is 0 Å². The molecule has 0 saturated carbocycles. The van der Waals surface area contributed by atoms with Crippen molar-refractivity contribution in [3.63, 3.8) is 0 Å². The van der Waals surface area contributed by atoms with Crippen LogP contribution in [0.4, 0.5) is 0 Å². The molecule has 0 fully saturated rings. The summed E-state index contributed by atoms with van der Waals surface area (Å²) >= 11 is 3.19. The lowest BCUT2D eigenvalue weighted by atomic mass is 9.99. The second-order valence-electron chi connectivity index (χ2n) is 3.98. The SMILES string of the molecule is Cc1nc(C)c(C(O)C(CN)c2cccs2)s1. The van der Waals surface area contributed by atoms with Crippen LogP contribution in [0.5, 0.6) is 0 Å². The van der Waals surface area contributed by atoms with Gasteiger partial charge in [0.25, 0.3) is 0 Å². The van der Waals surface area contributed by atoms with E-state index < -0.39 is 6.10 Å². The van der Waals surface area contributed by atoms with Crippen LogP contribution in [0.3, 0.4) is 0 Å². The minimum absolute atomic E-state index is 0.0338. The van der Waals surface area contributed by atoms with E-state index in [-0.39, 0.29) is 5.92 Å². The highest BCUT2D eigenvalue weighted by atomic mass is 32.1. The largest absolute Gasteiger partial charge is 0.387 e. The highest BCUT2D eigenvalue weighted by Crippen LogP contribution is 2.36. The average Bonchev–Trinajstić information content (AvgIpc) is 2.89. The van der Waals surface area contributed by atoms with Crippen LogP contribution in [-0.4, -0.2) is 16.6 Å². The fourth-order valence-electron chi connectivity index (χ4n) is 1.91. The predicted octanol–water partition coefficient (Wildman–Crippen LogP) is 2.60. The van der Waals surface area contributed by atoms with E-state index in [4.69, 9.17) is 5.73 Å². The lowest BCUT2D eigenvalue weighted by molar-refractivity contribution is 0.151. The molecule has 0 amide bonds. The van der Waals surface area contributed by atoms with Gasteiger partial charge in [-0.3, -0.25) is 0 Å². The van der Waals surface area contributed by atoms with Gasteiger partial charge in [0.2, 0.25) is 0 Å². The number of thiazole rings is 1. The van der Waals surface area contributed by atoms with E-state index in [9.17, 15) is 5.11 Å². The van der Waals surface area contributed by atoms with Crippen molar-refractivity contribution in [2.45, 2.75) is 25.9 Å². The van der Waals surface area contributed by atoms with Gasteiger partial charge < -0.3 is 10.8 Å². The number of aliphatic hydroxyl groups is 1. The Bertz CT molecular complexity index is 479. The lowest BCUT2D eigenvalue weighted by Crippen LogP contribution is -2.19. The summed E-state index contributed by atoms with van der Waals surface area (Å²) < 4.78 is 0. The third-order valence-corrected chi connectivity index (χ3v) is 4.90. The summed E-state index contributed by atoms with van der Waals surface area (Å²) in [6.45, 7) is 4.33. The van der Waals surface area contributed by atoms with E-state index in [1.54, 1.807) is 22.7 Å². The Balaban J connectivity index is 2.29. The third kappa shape index (κ3) is 2.57. The molecule has 2 unspecified atom stereocenters. The maximum absolute atomic E-state index is 10.4. The maximum atomic E-state index is 10.4. The number of hydrogen-bond donors (Lipinski definition) is 2. The second kappa shape index (κ2) is 5.27. The van der Waals surface area contributed by atoms with Crippen molar-refractivity contribution < 1.29 is 5.11 Å². The highest BCUT2D eigenvalue weighted by Gasteiger charge is 2.25. The van der Waals surface area contributed by atoms with E-state index in [1.807, 2.05) is 31.4 Å². The first-order chi connectivity index (χ1) is 8.13. The zero-order valence-electron chi connectivity index (χ0n) is 9.88. The molecule has 0 aliphatic carbocycles. The zero-order chi connectivity index (χ0) is 12.4. The molecular weight excluding hydrogens is 252 g/mol. The predicted molar refractivity (Wildman–Crippen MR) is 72.7 cm³/mol. The van der Waals surface area contributed by atoms with Gasteiger partial charge in [-0.05, 0) is 25.3 Å². The summed E-state index contributed by atoms with van der Waals surface area (Å²) in [7, 11) is 0. The normalized spacial score (nSPS) is 14.8. The van der Waals surface area contributed by atoms with Gasteiger partial charge in [0.15, 0.2) is 0 Å². The monoisotopic (exact) mass is 268 g/mol. The summed E-state index contributed by atoms with van der Waals surface area (Å²) in [4.78, 5) is 6.42. The van der Waals surface area contributed by atoms with E-state index in [2.05, 4.69) is 4.98 Å². The summed E-state index contributed by atoms with van der Waals surface area (Å²) in [6.07, 6.45) is -0.551. The molecular formula is C12H16N2OS2. The van der Waals surface area contributed by atoms with Crippen molar-refractivity contribution in [2.75, 3.05) is 6.54 Å². The van der Waals surface area contributed by atoms with Gasteiger partial charge in [-0.15, -0.1) is 22.7 Å². The molecule has 92 valence electrons. The number of nitrogens with two attached hydrogens (primary N) is 1. The maximum Gasteiger partial charge on any atom is 0.0989 e. The Labute approximate surface area is 109 Å². The van der Waals surface area contributed by atoms with Crippen LogP contribution in [0.25, 0.3) is 0 Å². The fourth-order valence-corrected chi connectivity index (χ4v) is 3.76. The highest BCUT2D eigenvalue weighted by molar-refractivity contribution is 7.11. The van der Waals surface area contributed by atoms with E-state index in [1.165, 1.54) is 0 Å². The molecule has 2 heterocycles. The quantitative estimate of drug-likeness (QED) is 0.896. The van der Waals surface area contributed by atoms with E-state index in [0.29, 0.717) is 6.54 Å². The number of thiophene rings is 1. The van der Waals surface area contributed by atoms with Gasteiger partial charge in [-0.25, -0.2) is 4.98 Å². The number of hydrogen-bond acceptors (Lipinski definition) is 5. The van der Waals surface area contributed by atoms with Crippen LogP contribution in [0.2, 0.25) is 0 Å². The molecule has 0 aliphatic heterocycles. The van der Waals surface area contributed by atoms with Crippen LogP contribution >= 0.6 is 22.7 Å². The molecule has 3 N–H and O–H groups in total. The van der Waals surface area contributed by atoms with E-state index in [0.717, 1.165) is 20.5 Å². The first kappa shape index (κ1) is 12.7. The van der Waals surface area contributed by atoms with Crippen molar-refractivity contribution >= 4 is 22.7 Å². The number of aryl methyl sites for hydroxylation is 2. The van der Waals surface area contributed by atoms with Gasteiger partial charge in [-0.1, -0.05) is 6.07 Å². The summed E-state index contributed by atoms with van der Waals surface area (Å²) in [5, 5.41) is 13.4. The van der Waals surface area contributed by atoms with Crippen LogP contribution in [0.1, 0.15) is 32.5 Å². The third-order valence-electron chi connectivity index (χ3n) is 2.75. The van der Waals surface area contributed by atoms with Gasteiger partial charge >= 0.3 is 0 Å². The fraction of sp³-hybridized carbons (Fsp3) is 0.417. The topological polar surface area (TPSA) is 59.1 Å². The molecule has 17 heavy (non-hydrogen) atoms. The number of aromatic nitrogens is 1. The average molecular weight is 268 g/mol. The Kier molecular flexibility index (Phi) is 3.93. The minimum Gasteiger partial charge on any atom is -0.387 e. The van der Waals surface area contributed by atoms with Crippen molar-refractivity contribution in [1.82, 2.24) is 4.98 Å². The molecule has 0 radical (unpaired) electrons. The van der Waals surface area contributed by atoms with Crippen molar-refractivity contribution in [2.24, 2.45) is 5.73 Å². The Hall–Kier alpha value is -0.750. The Morgan fingerprint density at radius 3 is 2.71 bits per heavy atom. The number of rotatable bonds is 4. The van der Waals surface area contributed by atoms with Gasteiger partial charge in [0, 0.05) is 17.3 Å². The van der Waals surface area contributed by atoms with Crippen molar-refractivity contribution in [1.29, 1.82) is 0 Å². The molecule has 0 aromatic carbocycles. The molecule has 2 aromatic heterocycles. The van der Waals surface area contributed by atoms with Crippen LogP contribution < -0.4 is 5.73 Å². The molecule has 2 atom stereocenters. The van der Waals surface area contributed by atoms with Crippen LogP contribution in [0, 0.1) is 13.8 Å². The summed E-state index contributed by atoms with van der Waals surface area (Å²) in [5.74, 6) is -0.0338. The molecule has 0 spiro atoms. The smallest absolute Gasteiger partial charge is 0.0989 e. The van der Waals surface area contributed by atoms with Crippen LogP contribution in [-0.2, 0) is 0 Å².